The Balaban J connectivity index is 1.52. The Hall–Kier alpha value is -1.94. The number of aliphatic hydroxyl groups excluding tert-OH is 3. The van der Waals surface area contributed by atoms with Crippen molar-refractivity contribution in [3.05, 3.63) is 47.1 Å². The molecule has 1 fully saturated rings. The van der Waals surface area contributed by atoms with Gasteiger partial charge in [-0.3, -0.25) is 4.90 Å². The predicted octanol–water partition coefficient (Wildman–Crippen LogP) is 0.870. The van der Waals surface area contributed by atoms with Gasteiger partial charge in [-0.05, 0) is 42.2 Å². The lowest BCUT2D eigenvalue weighted by Gasteiger charge is -2.48. The van der Waals surface area contributed by atoms with Gasteiger partial charge < -0.3 is 34.3 Å². The lowest BCUT2D eigenvalue weighted by molar-refractivity contribution is -0.268. The molecule has 3 heterocycles. The summed E-state index contributed by atoms with van der Waals surface area (Å²) in [5, 5.41) is 30.5. The van der Waals surface area contributed by atoms with Crippen LogP contribution in [0.25, 0.3) is 0 Å². The number of nitrogens with zero attached hydrogens (tertiary/aromatic N) is 1. The van der Waals surface area contributed by atoms with Gasteiger partial charge in [0.15, 0.2) is 11.5 Å². The highest BCUT2D eigenvalue weighted by atomic mass is 16.7. The molecule has 8 heteroatoms. The summed E-state index contributed by atoms with van der Waals surface area (Å²) < 4.78 is 23.0. The molecule has 174 valence electrons. The van der Waals surface area contributed by atoms with Gasteiger partial charge in [-0.1, -0.05) is 18.2 Å². The molecule has 7 atom stereocenters. The van der Waals surface area contributed by atoms with Crippen molar-refractivity contribution in [3.8, 4) is 11.5 Å². The van der Waals surface area contributed by atoms with Gasteiger partial charge in [-0.15, -0.1) is 0 Å². The first kappa shape index (κ1) is 21.9. The van der Waals surface area contributed by atoms with E-state index in [1.54, 1.807) is 21.1 Å². The van der Waals surface area contributed by atoms with Crippen molar-refractivity contribution in [1.29, 1.82) is 0 Å². The number of hydrogen-bond donors (Lipinski definition) is 3. The van der Waals surface area contributed by atoms with Gasteiger partial charge in [0.1, 0.15) is 18.3 Å². The Bertz CT molecular complexity index is 947. The topological polar surface area (TPSA) is 101 Å². The fourth-order valence-electron chi connectivity index (χ4n) is 5.56. The van der Waals surface area contributed by atoms with Crippen molar-refractivity contribution < 1.29 is 34.3 Å². The summed E-state index contributed by atoms with van der Waals surface area (Å²) in [6, 6.07) is 3.97. The summed E-state index contributed by atoms with van der Waals surface area (Å²) in [5.74, 6) is 0.966. The van der Waals surface area contributed by atoms with Gasteiger partial charge >= 0.3 is 0 Å². The van der Waals surface area contributed by atoms with Crippen LogP contribution < -0.4 is 9.47 Å². The molecule has 1 aliphatic carbocycles. The van der Waals surface area contributed by atoms with Crippen molar-refractivity contribution in [2.45, 2.75) is 62.1 Å². The second kappa shape index (κ2) is 8.13. The first-order valence-electron chi connectivity index (χ1n) is 11.1. The number of benzene rings is 1. The van der Waals surface area contributed by atoms with Crippen molar-refractivity contribution in [2.75, 3.05) is 27.3 Å². The molecule has 0 bridgehead atoms. The highest BCUT2D eigenvalue weighted by Crippen LogP contribution is 2.52. The van der Waals surface area contributed by atoms with E-state index in [9.17, 15) is 15.3 Å². The van der Waals surface area contributed by atoms with Gasteiger partial charge in [0.25, 0.3) is 0 Å². The lowest BCUT2D eigenvalue weighted by atomic mass is 9.71. The summed E-state index contributed by atoms with van der Waals surface area (Å²) >= 11 is 0. The SMILES string of the molecule is COc1cc2c(cc1OC1OC(C)C(O)C(O)C1O)CCN1CC=C3C=CC(OC)CC321. The zero-order valence-electron chi connectivity index (χ0n) is 18.6. The van der Waals surface area contributed by atoms with Gasteiger partial charge in [0.2, 0.25) is 6.29 Å². The first-order chi connectivity index (χ1) is 15.4. The Morgan fingerprint density at radius 3 is 2.66 bits per heavy atom. The third-order valence-electron chi connectivity index (χ3n) is 7.38. The third-order valence-corrected chi connectivity index (χ3v) is 7.38. The quantitative estimate of drug-likeness (QED) is 0.628. The summed E-state index contributed by atoms with van der Waals surface area (Å²) in [6.07, 6.45) is 2.57. The van der Waals surface area contributed by atoms with E-state index >= 15 is 0 Å². The molecule has 32 heavy (non-hydrogen) atoms. The van der Waals surface area contributed by atoms with Crippen LogP contribution >= 0.6 is 0 Å². The van der Waals surface area contributed by atoms with E-state index in [4.69, 9.17) is 18.9 Å². The van der Waals surface area contributed by atoms with Crippen LogP contribution in [0.5, 0.6) is 11.5 Å². The number of rotatable bonds is 4. The van der Waals surface area contributed by atoms with Crippen LogP contribution in [-0.2, 0) is 21.4 Å². The van der Waals surface area contributed by atoms with Crippen molar-refractivity contribution >= 4 is 0 Å². The van der Waals surface area contributed by atoms with Gasteiger partial charge in [0, 0.05) is 26.6 Å². The summed E-state index contributed by atoms with van der Waals surface area (Å²) in [4.78, 5) is 2.49. The minimum Gasteiger partial charge on any atom is -0.493 e. The lowest BCUT2D eigenvalue weighted by Crippen LogP contribution is -2.58. The van der Waals surface area contributed by atoms with Crippen LogP contribution in [0.15, 0.2) is 35.9 Å². The van der Waals surface area contributed by atoms with E-state index in [-0.39, 0.29) is 11.6 Å². The Kier molecular flexibility index (Phi) is 5.56. The predicted molar refractivity (Wildman–Crippen MR) is 116 cm³/mol. The van der Waals surface area contributed by atoms with Crippen LogP contribution in [0.1, 0.15) is 24.5 Å². The van der Waals surface area contributed by atoms with Crippen LogP contribution in [0.2, 0.25) is 0 Å². The molecule has 1 spiro atoms. The van der Waals surface area contributed by atoms with Crippen LogP contribution in [0.3, 0.4) is 0 Å². The molecule has 1 aromatic carbocycles. The fourth-order valence-corrected chi connectivity index (χ4v) is 5.56. The van der Waals surface area contributed by atoms with Gasteiger partial charge in [-0.25, -0.2) is 0 Å². The molecule has 3 aliphatic heterocycles. The first-order valence-corrected chi connectivity index (χ1v) is 11.1. The standard InChI is InChI=1S/C24H31NO7/c1-13-20(26)21(27)22(28)23(31-13)32-19-10-14-6-8-25-9-7-15-4-5-16(29-2)12-24(15,25)17(14)11-18(19)30-3/h4-5,7,10-11,13,16,20-23,26-28H,6,8-9,12H2,1-3H3. The largest absolute Gasteiger partial charge is 0.493 e. The smallest absolute Gasteiger partial charge is 0.229 e. The molecule has 3 N–H and O–H groups in total. The summed E-state index contributed by atoms with van der Waals surface area (Å²) in [5.41, 5.74) is 3.34. The average molecular weight is 446 g/mol. The molecule has 0 radical (unpaired) electrons. The minimum atomic E-state index is -1.38. The van der Waals surface area contributed by atoms with E-state index in [1.165, 1.54) is 11.1 Å². The molecule has 1 saturated heterocycles. The number of methoxy groups -OCH3 is 2. The number of hydrogen-bond acceptors (Lipinski definition) is 8. The molecular weight excluding hydrogens is 414 g/mol. The third kappa shape index (κ3) is 3.21. The van der Waals surface area contributed by atoms with E-state index < -0.39 is 30.7 Å². The molecule has 0 saturated carbocycles. The van der Waals surface area contributed by atoms with Crippen LogP contribution in [-0.4, -0.2) is 84.3 Å². The van der Waals surface area contributed by atoms with Crippen molar-refractivity contribution in [2.24, 2.45) is 0 Å². The average Bonchev–Trinajstić information content (AvgIpc) is 3.19. The van der Waals surface area contributed by atoms with Crippen molar-refractivity contribution in [3.63, 3.8) is 0 Å². The molecule has 8 nitrogen and oxygen atoms in total. The fraction of sp³-hybridized carbons (Fsp3) is 0.583. The maximum atomic E-state index is 10.4. The number of ether oxygens (including phenoxy) is 4. The summed E-state index contributed by atoms with van der Waals surface area (Å²) in [7, 11) is 3.32. The van der Waals surface area contributed by atoms with E-state index in [2.05, 4.69) is 23.1 Å². The molecule has 0 aromatic heterocycles. The summed E-state index contributed by atoms with van der Waals surface area (Å²) in [6.45, 7) is 3.44. The zero-order chi connectivity index (χ0) is 22.6. The highest BCUT2D eigenvalue weighted by molar-refractivity contribution is 5.57. The second-order valence-corrected chi connectivity index (χ2v) is 9.01. The molecule has 0 amide bonds. The molecule has 1 aromatic rings. The second-order valence-electron chi connectivity index (χ2n) is 9.01. The Labute approximate surface area is 187 Å². The van der Waals surface area contributed by atoms with Crippen LogP contribution in [0.4, 0.5) is 0 Å². The van der Waals surface area contributed by atoms with E-state index in [0.717, 1.165) is 31.5 Å². The van der Waals surface area contributed by atoms with Crippen molar-refractivity contribution in [1.82, 2.24) is 4.90 Å². The normalized spacial score (nSPS) is 38.5. The Morgan fingerprint density at radius 1 is 1.09 bits per heavy atom. The Morgan fingerprint density at radius 2 is 1.91 bits per heavy atom. The minimum absolute atomic E-state index is 0.0285. The highest BCUT2D eigenvalue weighted by Gasteiger charge is 2.50. The van der Waals surface area contributed by atoms with E-state index in [1.807, 2.05) is 12.1 Å². The monoisotopic (exact) mass is 445 g/mol. The number of fused-ring (bicyclic) bond motifs is 1. The van der Waals surface area contributed by atoms with Gasteiger partial charge in [-0.2, -0.15) is 0 Å². The molecule has 7 unspecified atom stereocenters. The maximum absolute atomic E-state index is 10.4. The molecular formula is C24H31NO7. The van der Waals surface area contributed by atoms with E-state index in [0.29, 0.717) is 11.5 Å². The molecule has 5 rings (SSSR count). The van der Waals surface area contributed by atoms with Gasteiger partial charge in [0.05, 0.1) is 24.9 Å². The molecule has 4 aliphatic rings. The maximum Gasteiger partial charge on any atom is 0.229 e. The number of aliphatic hydroxyl groups is 3. The van der Waals surface area contributed by atoms with Crippen LogP contribution in [0, 0.1) is 0 Å². The zero-order valence-corrected chi connectivity index (χ0v) is 18.6.